The van der Waals surface area contributed by atoms with Crippen LogP contribution in [0.2, 0.25) is 5.02 Å². The van der Waals surface area contributed by atoms with Gasteiger partial charge in [0.2, 0.25) is 20.9 Å². The molecule has 26 heavy (non-hydrogen) atoms. The van der Waals surface area contributed by atoms with Crippen LogP contribution in [0.3, 0.4) is 0 Å². The zero-order chi connectivity index (χ0) is 18.7. The molecule has 1 N–H and O–H groups in total. The van der Waals surface area contributed by atoms with Crippen LogP contribution in [0.1, 0.15) is 0 Å². The average Bonchev–Trinajstić information content (AvgIpc) is 3.07. The predicted molar refractivity (Wildman–Crippen MR) is 95.7 cm³/mol. The highest BCUT2D eigenvalue weighted by Crippen LogP contribution is 2.18. The van der Waals surface area contributed by atoms with Gasteiger partial charge in [-0.1, -0.05) is 17.7 Å². The van der Waals surface area contributed by atoms with Crippen LogP contribution in [-0.2, 0) is 14.6 Å². The van der Waals surface area contributed by atoms with E-state index in [2.05, 4.69) is 10.3 Å². The Hall–Kier alpha value is -2.71. The Morgan fingerprint density at radius 2 is 1.92 bits per heavy atom. The first-order valence-corrected chi connectivity index (χ1v) is 9.46. The fourth-order valence-corrected chi connectivity index (χ4v) is 3.67. The molecule has 1 aromatic heterocycles. The van der Waals surface area contributed by atoms with E-state index in [0.29, 0.717) is 16.4 Å². The van der Waals surface area contributed by atoms with E-state index in [4.69, 9.17) is 11.6 Å². The SMILES string of the molecule is O=C(CS(=O)(=O)c1nccn1-c1cccc(F)c1)Nc1ccc(Cl)cc1. The van der Waals surface area contributed by atoms with E-state index in [1.807, 2.05) is 0 Å². The lowest BCUT2D eigenvalue weighted by molar-refractivity contribution is -0.113. The highest BCUT2D eigenvalue weighted by atomic mass is 35.5. The average molecular weight is 394 g/mol. The zero-order valence-electron chi connectivity index (χ0n) is 13.3. The maximum Gasteiger partial charge on any atom is 0.240 e. The molecule has 0 unspecified atom stereocenters. The lowest BCUT2D eigenvalue weighted by atomic mass is 10.3. The number of hydrogen-bond acceptors (Lipinski definition) is 4. The van der Waals surface area contributed by atoms with E-state index in [1.54, 1.807) is 24.3 Å². The molecule has 0 bridgehead atoms. The van der Waals surface area contributed by atoms with Crippen LogP contribution >= 0.6 is 11.6 Å². The first-order chi connectivity index (χ1) is 12.3. The van der Waals surface area contributed by atoms with E-state index in [0.717, 1.165) is 0 Å². The number of imidazole rings is 1. The van der Waals surface area contributed by atoms with Gasteiger partial charge in [0.15, 0.2) is 0 Å². The van der Waals surface area contributed by atoms with Crippen LogP contribution in [0.15, 0.2) is 66.1 Å². The van der Waals surface area contributed by atoms with E-state index in [1.165, 1.54) is 41.2 Å². The summed E-state index contributed by atoms with van der Waals surface area (Å²) in [5.74, 6) is -2.04. The maximum atomic E-state index is 13.4. The molecule has 9 heteroatoms. The lowest BCUT2D eigenvalue weighted by Crippen LogP contribution is -2.25. The molecule has 6 nitrogen and oxygen atoms in total. The number of rotatable bonds is 5. The number of nitrogens with zero attached hydrogens (tertiary/aromatic N) is 2. The molecule has 0 aliphatic carbocycles. The molecule has 0 aliphatic rings. The minimum Gasteiger partial charge on any atom is -0.325 e. The normalized spacial score (nSPS) is 11.3. The number of carbonyl (C=O) groups excluding carboxylic acids is 1. The van der Waals surface area contributed by atoms with Crippen LogP contribution in [0.25, 0.3) is 5.69 Å². The lowest BCUT2D eigenvalue weighted by Gasteiger charge is -2.09. The number of aromatic nitrogens is 2. The summed E-state index contributed by atoms with van der Waals surface area (Å²) in [5, 5.41) is 2.64. The zero-order valence-corrected chi connectivity index (χ0v) is 14.8. The fraction of sp³-hybridized carbons (Fsp3) is 0.0588. The Labute approximate surface area is 154 Å². The van der Waals surface area contributed by atoms with Crippen molar-refractivity contribution in [2.24, 2.45) is 0 Å². The molecule has 1 heterocycles. The topological polar surface area (TPSA) is 81.1 Å². The van der Waals surface area contributed by atoms with Crippen LogP contribution < -0.4 is 5.32 Å². The second-order valence-corrected chi connectivity index (χ2v) is 7.69. The van der Waals surface area contributed by atoms with Crippen LogP contribution in [0, 0.1) is 5.82 Å². The van der Waals surface area contributed by atoms with Crippen LogP contribution in [0.5, 0.6) is 0 Å². The molecule has 0 aliphatic heterocycles. The van der Waals surface area contributed by atoms with Gasteiger partial charge in [-0.25, -0.2) is 17.8 Å². The van der Waals surface area contributed by atoms with Gasteiger partial charge in [-0.3, -0.25) is 9.36 Å². The highest BCUT2D eigenvalue weighted by molar-refractivity contribution is 7.92. The number of hydrogen-bond donors (Lipinski definition) is 1. The molecular formula is C17H13ClFN3O3S. The molecule has 2 aromatic carbocycles. The number of sulfone groups is 1. The molecule has 3 aromatic rings. The van der Waals surface area contributed by atoms with Crippen molar-refractivity contribution in [3.63, 3.8) is 0 Å². The van der Waals surface area contributed by atoms with Crippen molar-refractivity contribution in [3.05, 3.63) is 71.8 Å². The van der Waals surface area contributed by atoms with Crippen molar-refractivity contribution in [1.29, 1.82) is 0 Å². The number of nitrogens with one attached hydrogen (secondary N) is 1. The molecule has 0 radical (unpaired) electrons. The van der Waals surface area contributed by atoms with Gasteiger partial charge < -0.3 is 5.32 Å². The molecule has 0 fully saturated rings. The third-order valence-electron chi connectivity index (χ3n) is 3.42. The van der Waals surface area contributed by atoms with Crippen molar-refractivity contribution in [2.75, 3.05) is 11.1 Å². The monoisotopic (exact) mass is 393 g/mol. The Morgan fingerprint density at radius 1 is 1.19 bits per heavy atom. The maximum absolute atomic E-state index is 13.4. The van der Waals surface area contributed by atoms with Crippen molar-refractivity contribution >= 4 is 33.0 Å². The summed E-state index contributed by atoms with van der Waals surface area (Å²) in [5.41, 5.74) is 0.710. The number of benzene rings is 2. The first-order valence-electron chi connectivity index (χ1n) is 7.43. The van der Waals surface area contributed by atoms with Gasteiger partial charge in [0.05, 0.1) is 5.69 Å². The van der Waals surface area contributed by atoms with Gasteiger partial charge in [0, 0.05) is 23.1 Å². The number of carbonyl (C=O) groups is 1. The second kappa shape index (κ2) is 7.27. The second-order valence-electron chi connectivity index (χ2n) is 5.37. The third-order valence-corrected chi connectivity index (χ3v) is 5.17. The van der Waals surface area contributed by atoms with Gasteiger partial charge in [0.25, 0.3) is 0 Å². The minimum atomic E-state index is -4.04. The van der Waals surface area contributed by atoms with Crippen molar-refractivity contribution < 1.29 is 17.6 Å². The Bertz CT molecular complexity index is 1050. The van der Waals surface area contributed by atoms with Crippen LogP contribution in [0.4, 0.5) is 10.1 Å². The number of amides is 1. The summed E-state index contributed by atoms with van der Waals surface area (Å²) >= 11 is 5.76. The number of halogens is 2. The minimum absolute atomic E-state index is 0.291. The summed E-state index contributed by atoms with van der Waals surface area (Å²) in [6.07, 6.45) is 2.66. The molecule has 0 saturated heterocycles. The highest BCUT2D eigenvalue weighted by Gasteiger charge is 2.25. The Kier molecular flexibility index (Phi) is 5.06. The molecule has 0 atom stereocenters. The predicted octanol–water partition coefficient (Wildman–Crippen LogP) is 3.08. The Morgan fingerprint density at radius 3 is 2.62 bits per heavy atom. The quantitative estimate of drug-likeness (QED) is 0.722. The summed E-state index contributed by atoms with van der Waals surface area (Å²) in [6.45, 7) is 0. The van der Waals surface area contributed by atoms with E-state index in [9.17, 15) is 17.6 Å². The molecule has 1 amide bonds. The molecule has 134 valence electrons. The van der Waals surface area contributed by atoms with Crippen LogP contribution in [-0.4, -0.2) is 29.6 Å². The third kappa shape index (κ3) is 4.09. The van der Waals surface area contributed by atoms with Gasteiger partial charge in [-0.2, -0.15) is 0 Å². The van der Waals surface area contributed by atoms with Gasteiger partial charge in [-0.05, 0) is 42.5 Å². The van der Waals surface area contributed by atoms with Crippen molar-refractivity contribution in [2.45, 2.75) is 5.16 Å². The Balaban J connectivity index is 1.82. The van der Waals surface area contributed by atoms with Gasteiger partial charge >= 0.3 is 0 Å². The van der Waals surface area contributed by atoms with E-state index in [-0.39, 0.29) is 5.16 Å². The largest absolute Gasteiger partial charge is 0.325 e. The summed E-state index contributed by atoms with van der Waals surface area (Å²) < 4.78 is 39.8. The molecular weight excluding hydrogens is 381 g/mol. The first kappa shape index (κ1) is 18.1. The fourth-order valence-electron chi connectivity index (χ4n) is 2.31. The number of anilines is 1. The standard InChI is InChI=1S/C17H13ClFN3O3S/c18-12-4-6-14(7-5-12)21-16(23)11-26(24,25)17-20-8-9-22(17)15-3-1-2-13(19)10-15/h1-10H,11H2,(H,21,23). The summed E-state index contributed by atoms with van der Waals surface area (Å²) in [4.78, 5) is 15.9. The molecule has 0 saturated carbocycles. The summed E-state index contributed by atoms with van der Waals surface area (Å²) in [7, 11) is -4.04. The summed E-state index contributed by atoms with van der Waals surface area (Å²) in [6, 6.07) is 11.7. The molecule has 0 spiro atoms. The van der Waals surface area contributed by atoms with Crippen molar-refractivity contribution in [3.8, 4) is 5.69 Å². The van der Waals surface area contributed by atoms with Gasteiger partial charge in [-0.15, -0.1) is 0 Å². The van der Waals surface area contributed by atoms with Crippen molar-refractivity contribution in [1.82, 2.24) is 9.55 Å². The smallest absolute Gasteiger partial charge is 0.240 e. The molecule has 3 rings (SSSR count). The van der Waals surface area contributed by atoms with E-state index < -0.39 is 27.3 Å². The van der Waals surface area contributed by atoms with E-state index >= 15 is 0 Å². The van der Waals surface area contributed by atoms with Gasteiger partial charge in [0.1, 0.15) is 11.6 Å².